The maximum absolute atomic E-state index is 12.5. The van der Waals surface area contributed by atoms with Crippen LogP contribution in [0.15, 0.2) is 18.2 Å². The van der Waals surface area contributed by atoms with Crippen LogP contribution in [0.25, 0.3) is 0 Å². The second-order valence-corrected chi connectivity index (χ2v) is 5.77. The largest absolute Gasteiger partial charge is 0.293 e. The van der Waals surface area contributed by atoms with E-state index in [-0.39, 0.29) is 5.78 Å². The van der Waals surface area contributed by atoms with Gasteiger partial charge in [-0.25, -0.2) is 0 Å². The fourth-order valence-corrected chi connectivity index (χ4v) is 3.13. The van der Waals surface area contributed by atoms with Gasteiger partial charge in [-0.15, -0.1) is 0 Å². The zero-order valence-electron chi connectivity index (χ0n) is 12.4. The summed E-state index contributed by atoms with van der Waals surface area (Å²) in [6.45, 7) is 7.99. The fourth-order valence-electron chi connectivity index (χ4n) is 3.13. The van der Waals surface area contributed by atoms with Crippen LogP contribution in [0, 0.1) is 13.8 Å². The van der Waals surface area contributed by atoms with Crippen molar-refractivity contribution in [2.45, 2.75) is 52.5 Å². The van der Waals surface area contributed by atoms with Gasteiger partial charge in [0.1, 0.15) is 0 Å². The lowest BCUT2D eigenvalue weighted by atomic mass is 9.97. The van der Waals surface area contributed by atoms with Gasteiger partial charge < -0.3 is 0 Å². The Morgan fingerprint density at radius 1 is 1.32 bits per heavy atom. The first-order valence-corrected chi connectivity index (χ1v) is 7.46. The van der Waals surface area contributed by atoms with Crippen molar-refractivity contribution in [3.63, 3.8) is 0 Å². The van der Waals surface area contributed by atoms with Crippen LogP contribution < -0.4 is 0 Å². The molecule has 1 fully saturated rings. The van der Waals surface area contributed by atoms with Crippen LogP contribution >= 0.6 is 0 Å². The molecular formula is C17H25NO. The molecule has 1 unspecified atom stereocenters. The molecule has 0 spiro atoms. The predicted octanol–water partition coefficient (Wildman–Crippen LogP) is 3.75. The summed E-state index contributed by atoms with van der Waals surface area (Å²) in [7, 11) is 0. The molecule has 1 atom stereocenters. The van der Waals surface area contributed by atoms with Gasteiger partial charge >= 0.3 is 0 Å². The molecule has 0 aromatic heterocycles. The van der Waals surface area contributed by atoms with Crippen molar-refractivity contribution in [1.29, 1.82) is 0 Å². The van der Waals surface area contributed by atoms with Crippen molar-refractivity contribution in [2.24, 2.45) is 0 Å². The van der Waals surface area contributed by atoms with E-state index in [0.29, 0.717) is 12.6 Å². The quantitative estimate of drug-likeness (QED) is 0.768. The molecular weight excluding hydrogens is 234 g/mol. The van der Waals surface area contributed by atoms with Crippen LogP contribution in [0.2, 0.25) is 0 Å². The standard InChI is InChI=1S/C17H25NO/c1-4-15-7-5-6-10-18(15)12-17(19)16-9-8-13(2)11-14(16)3/h8-9,11,15H,4-7,10,12H2,1-3H3. The lowest BCUT2D eigenvalue weighted by Crippen LogP contribution is -2.42. The van der Waals surface area contributed by atoms with Gasteiger partial charge in [-0.1, -0.05) is 37.1 Å². The molecule has 2 heteroatoms. The maximum atomic E-state index is 12.5. The van der Waals surface area contributed by atoms with Crippen LogP contribution in [0.3, 0.4) is 0 Å². The molecule has 1 aromatic carbocycles. The summed E-state index contributed by atoms with van der Waals surface area (Å²) in [5.74, 6) is 0.276. The van der Waals surface area contributed by atoms with Crippen LogP contribution in [0.4, 0.5) is 0 Å². The molecule has 0 bridgehead atoms. The average molecular weight is 259 g/mol. The molecule has 1 aliphatic rings. The van der Waals surface area contributed by atoms with E-state index in [1.165, 1.54) is 24.8 Å². The van der Waals surface area contributed by atoms with E-state index in [1.807, 2.05) is 19.1 Å². The van der Waals surface area contributed by atoms with E-state index in [2.05, 4.69) is 24.8 Å². The van der Waals surface area contributed by atoms with Gasteiger partial charge in [-0.05, 0) is 45.2 Å². The molecule has 19 heavy (non-hydrogen) atoms. The third kappa shape index (κ3) is 3.44. The highest BCUT2D eigenvalue weighted by atomic mass is 16.1. The SMILES string of the molecule is CCC1CCCCN1CC(=O)c1ccc(C)cc1C. The van der Waals surface area contributed by atoms with Gasteiger partial charge in [0.05, 0.1) is 6.54 Å². The first kappa shape index (κ1) is 14.3. The maximum Gasteiger partial charge on any atom is 0.177 e. The summed E-state index contributed by atoms with van der Waals surface area (Å²) in [6, 6.07) is 6.72. The molecule has 104 valence electrons. The molecule has 0 N–H and O–H groups in total. The molecule has 2 nitrogen and oxygen atoms in total. The topological polar surface area (TPSA) is 20.3 Å². The molecule has 1 heterocycles. The molecule has 0 saturated carbocycles. The van der Waals surface area contributed by atoms with Gasteiger partial charge in [0, 0.05) is 11.6 Å². The number of rotatable bonds is 4. The summed E-state index contributed by atoms with van der Waals surface area (Å²) in [5, 5.41) is 0. The number of carbonyl (C=O) groups excluding carboxylic acids is 1. The number of piperidine rings is 1. The molecule has 1 aromatic rings. The van der Waals surface area contributed by atoms with Crippen molar-refractivity contribution >= 4 is 5.78 Å². The summed E-state index contributed by atoms with van der Waals surface area (Å²) in [6.07, 6.45) is 4.94. The summed E-state index contributed by atoms with van der Waals surface area (Å²) in [5.41, 5.74) is 3.22. The van der Waals surface area contributed by atoms with Gasteiger partial charge in [0.2, 0.25) is 0 Å². The summed E-state index contributed by atoms with van der Waals surface area (Å²) < 4.78 is 0. The molecule has 2 rings (SSSR count). The first-order valence-electron chi connectivity index (χ1n) is 7.46. The highest BCUT2D eigenvalue weighted by Crippen LogP contribution is 2.20. The average Bonchev–Trinajstić information content (AvgIpc) is 2.39. The van der Waals surface area contributed by atoms with E-state index < -0.39 is 0 Å². The second-order valence-electron chi connectivity index (χ2n) is 5.77. The number of likely N-dealkylation sites (tertiary alicyclic amines) is 1. The lowest BCUT2D eigenvalue weighted by Gasteiger charge is -2.34. The van der Waals surface area contributed by atoms with Crippen LogP contribution in [-0.4, -0.2) is 29.8 Å². The van der Waals surface area contributed by atoms with Crippen LogP contribution in [0.5, 0.6) is 0 Å². The van der Waals surface area contributed by atoms with Crippen molar-refractivity contribution in [1.82, 2.24) is 4.90 Å². The predicted molar refractivity (Wildman–Crippen MR) is 79.7 cm³/mol. The Hall–Kier alpha value is -1.15. The Bertz CT molecular complexity index is 453. The summed E-state index contributed by atoms with van der Waals surface area (Å²) in [4.78, 5) is 14.8. The molecule has 1 saturated heterocycles. The molecule has 0 amide bonds. The number of ketones is 1. The van der Waals surface area contributed by atoms with Gasteiger partial charge in [-0.2, -0.15) is 0 Å². The van der Waals surface area contributed by atoms with E-state index in [0.717, 1.165) is 24.1 Å². The Morgan fingerprint density at radius 2 is 2.11 bits per heavy atom. The molecule has 0 radical (unpaired) electrons. The van der Waals surface area contributed by atoms with Gasteiger partial charge in [0.25, 0.3) is 0 Å². The first-order chi connectivity index (χ1) is 9.11. The highest BCUT2D eigenvalue weighted by molar-refractivity contribution is 5.99. The minimum absolute atomic E-state index is 0.276. The Morgan fingerprint density at radius 3 is 2.79 bits per heavy atom. The van der Waals surface area contributed by atoms with Gasteiger partial charge in [-0.3, -0.25) is 9.69 Å². The Labute approximate surface area is 116 Å². The van der Waals surface area contributed by atoms with E-state index in [1.54, 1.807) is 0 Å². The number of hydrogen-bond acceptors (Lipinski definition) is 2. The number of carbonyl (C=O) groups is 1. The van der Waals surface area contributed by atoms with Gasteiger partial charge in [0.15, 0.2) is 5.78 Å². The van der Waals surface area contributed by atoms with Crippen molar-refractivity contribution in [3.8, 4) is 0 Å². The van der Waals surface area contributed by atoms with Crippen molar-refractivity contribution in [3.05, 3.63) is 34.9 Å². The number of nitrogens with zero attached hydrogens (tertiary/aromatic N) is 1. The smallest absolute Gasteiger partial charge is 0.177 e. The minimum atomic E-state index is 0.276. The zero-order chi connectivity index (χ0) is 13.8. The number of Topliss-reactive ketones (excluding diaryl/α,β-unsaturated/α-hetero) is 1. The van der Waals surface area contributed by atoms with Crippen LogP contribution in [-0.2, 0) is 0 Å². The second kappa shape index (κ2) is 6.33. The molecule has 1 aliphatic heterocycles. The van der Waals surface area contributed by atoms with Crippen LogP contribution in [0.1, 0.15) is 54.1 Å². The van der Waals surface area contributed by atoms with E-state index in [4.69, 9.17) is 0 Å². The number of aryl methyl sites for hydroxylation is 2. The highest BCUT2D eigenvalue weighted by Gasteiger charge is 2.23. The minimum Gasteiger partial charge on any atom is -0.293 e. The Kier molecular flexibility index (Phi) is 4.76. The zero-order valence-corrected chi connectivity index (χ0v) is 12.4. The monoisotopic (exact) mass is 259 g/mol. The van der Waals surface area contributed by atoms with E-state index >= 15 is 0 Å². The van der Waals surface area contributed by atoms with Crippen molar-refractivity contribution < 1.29 is 4.79 Å². The number of benzene rings is 1. The number of hydrogen-bond donors (Lipinski definition) is 0. The molecule has 0 aliphatic carbocycles. The normalized spacial score (nSPS) is 20.5. The van der Waals surface area contributed by atoms with E-state index in [9.17, 15) is 4.79 Å². The summed E-state index contributed by atoms with van der Waals surface area (Å²) >= 11 is 0. The third-order valence-electron chi connectivity index (χ3n) is 4.25. The third-order valence-corrected chi connectivity index (χ3v) is 4.25. The fraction of sp³-hybridized carbons (Fsp3) is 0.588. The lowest BCUT2D eigenvalue weighted by molar-refractivity contribution is 0.0837. The Balaban J connectivity index is 2.07. The van der Waals surface area contributed by atoms with Crippen molar-refractivity contribution in [2.75, 3.05) is 13.1 Å².